The van der Waals surface area contributed by atoms with Gasteiger partial charge in [0.15, 0.2) is 0 Å². The zero-order chi connectivity index (χ0) is 15.5. The third-order valence-corrected chi connectivity index (χ3v) is 4.43. The number of carbonyl (C=O) groups excluding carboxylic acids is 2. The van der Waals surface area contributed by atoms with E-state index in [1.54, 1.807) is 0 Å². The second kappa shape index (κ2) is 6.34. The van der Waals surface area contributed by atoms with Crippen molar-refractivity contribution >= 4 is 11.9 Å². The molecule has 1 aromatic carbocycles. The Labute approximate surface area is 128 Å². The van der Waals surface area contributed by atoms with Crippen molar-refractivity contribution in [2.45, 2.75) is 25.3 Å². The molecule has 5 nitrogen and oxygen atoms in total. The Morgan fingerprint density at radius 2 is 1.91 bits per heavy atom. The van der Waals surface area contributed by atoms with E-state index in [0.717, 1.165) is 37.9 Å². The van der Waals surface area contributed by atoms with Crippen LogP contribution in [0.4, 0.5) is 9.18 Å². The van der Waals surface area contributed by atoms with Gasteiger partial charge in [0.1, 0.15) is 11.9 Å². The van der Waals surface area contributed by atoms with Gasteiger partial charge in [0.2, 0.25) is 5.91 Å². The van der Waals surface area contributed by atoms with Crippen LogP contribution in [0.15, 0.2) is 24.3 Å². The molecule has 6 heteroatoms. The fraction of sp³-hybridized carbons (Fsp3) is 0.500. The summed E-state index contributed by atoms with van der Waals surface area (Å²) in [5, 5.41) is 5.24. The molecule has 1 atom stereocenters. The standard InChI is InChI=1S/C16H20FN3O2/c17-13-3-1-11(2-4-13)9-12-5-7-20(8-6-12)15(21)14-10-18-16(22)19-14/h1-4,12,14H,5-10H2,(H2,18,19,22)/t14-/m1/s1. The highest BCUT2D eigenvalue weighted by Crippen LogP contribution is 2.22. The molecule has 0 unspecified atom stereocenters. The molecule has 0 aliphatic carbocycles. The lowest BCUT2D eigenvalue weighted by Gasteiger charge is -2.33. The first-order valence-electron chi connectivity index (χ1n) is 7.69. The molecule has 2 aliphatic heterocycles. The van der Waals surface area contributed by atoms with E-state index in [2.05, 4.69) is 10.6 Å². The first-order chi connectivity index (χ1) is 10.6. The zero-order valence-electron chi connectivity index (χ0n) is 12.3. The van der Waals surface area contributed by atoms with E-state index < -0.39 is 6.04 Å². The molecule has 0 saturated carbocycles. The molecule has 0 spiro atoms. The Bertz CT molecular complexity index is 553. The summed E-state index contributed by atoms with van der Waals surface area (Å²) < 4.78 is 12.9. The first kappa shape index (κ1) is 14.8. The van der Waals surface area contributed by atoms with Gasteiger partial charge in [-0.3, -0.25) is 4.79 Å². The van der Waals surface area contributed by atoms with Gasteiger partial charge in [-0.15, -0.1) is 0 Å². The fourth-order valence-corrected chi connectivity index (χ4v) is 3.14. The van der Waals surface area contributed by atoms with Gasteiger partial charge in [-0.25, -0.2) is 9.18 Å². The Morgan fingerprint density at radius 3 is 2.50 bits per heavy atom. The van der Waals surface area contributed by atoms with Crippen LogP contribution in [0.5, 0.6) is 0 Å². The van der Waals surface area contributed by atoms with Crippen molar-refractivity contribution < 1.29 is 14.0 Å². The van der Waals surface area contributed by atoms with Crippen LogP contribution in [-0.4, -0.2) is 42.5 Å². The minimum Gasteiger partial charge on any atom is -0.341 e. The second-order valence-electron chi connectivity index (χ2n) is 6.01. The predicted molar refractivity (Wildman–Crippen MR) is 79.7 cm³/mol. The number of hydrogen-bond donors (Lipinski definition) is 2. The topological polar surface area (TPSA) is 61.4 Å². The smallest absolute Gasteiger partial charge is 0.315 e. The first-order valence-corrected chi connectivity index (χ1v) is 7.69. The van der Waals surface area contributed by atoms with Crippen molar-refractivity contribution in [1.82, 2.24) is 15.5 Å². The number of likely N-dealkylation sites (tertiary alicyclic amines) is 1. The molecule has 2 fully saturated rings. The SMILES string of the molecule is O=C1NC[C@H](C(=O)N2CCC(Cc3ccc(F)cc3)CC2)N1. The summed E-state index contributed by atoms with van der Waals surface area (Å²) in [6.45, 7) is 1.81. The van der Waals surface area contributed by atoms with E-state index in [1.165, 1.54) is 12.1 Å². The van der Waals surface area contributed by atoms with Crippen molar-refractivity contribution in [1.29, 1.82) is 0 Å². The predicted octanol–water partition coefficient (Wildman–Crippen LogP) is 1.29. The number of hydrogen-bond acceptors (Lipinski definition) is 2. The maximum Gasteiger partial charge on any atom is 0.315 e. The Balaban J connectivity index is 1.48. The maximum atomic E-state index is 12.9. The van der Waals surface area contributed by atoms with Crippen molar-refractivity contribution in [3.63, 3.8) is 0 Å². The number of amides is 3. The molecular formula is C16H20FN3O2. The summed E-state index contributed by atoms with van der Waals surface area (Å²) in [7, 11) is 0. The number of carbonyl (C=O) groups is 2. The Morgan fingerprint density at radius 1 is 1.23 bits per heavy atom. The Kier molecular flexibility index (Phi) is 4.27. The van der Waals surface area contributed by atoms with Crippen molar-refractivity contribution in [2.24, 2.45) is 5.92 Å². The normalized spacial score (nSPS) is 22.3. The molecule has 2 saturated heterocycles. The third-order valence-electron chi connectivity index (χ3n) is 4.43. The van der Waals surface area contributed by atoms with Crippen molar-refractivity contribution in [3.05, 3.63) is 35.6 Å². The quantitative estimate of drug-likeness (QED) is 0.884. The highest BCUT2D eigenvalue weighted by Gasteiger charge is 2.32. The van der Waals surface area contributed by atoms with Gasteiger partial charge in [-0.2, -0.15) is 0 Å². The molecule has 2 heterocycles. The zero-order valence-corrected chi connectivity index (χ0v) is 12.3. The Hall–Kier alpha value is -2.11. The molecule has 0 bridgehead atoms. The number of halogens is 1. The number of nitrogens with one attached hydrogen (secondary N) is 2. The van der Waals surface area contributed by atoms with Crippen LogP contribution >= 0.6 is 0 Å². The molecule has 3 amide bonds. The third kappa shape index (κ3) is 3.37. The molecule has 0 aromatic heterocycles. The summed E-state index contributed by atoms with van der Waals surface area (Å²) >= 11 is 0. The summed E-state index contributed by atoms with van der Waals surface area (Å²) in [5.74, 6) is 0.306. The average Bonchev–Trinajstić information content (AvgIpc) is 2.96. The van der Waals surface area contributed by atoms with Crippen molar-refractivity contribution in [3.8, 4) is 0 Å². The van der Waals surface area contributed by atoms with Crippen LogP contribution in [0.3, 0.4) is 0 Å². The molecule has 3 rings (SSSR count). The fourth-order valence-electron chi connectivity index (χ4n) is 3.14. The van der Waals surface area contributed by atoms with Gasteiger partial charge >= 0.3 is 6.03 Å². The minimum atomic E-state index is -0.429. The molecule has 118 valence electrons. The largest absolute Gasteiger partial charge is 0.341 e. The van der Waals surface area contributed by atoms with Gasteiger partial charge in [0.05, 0.1) is 0 Å². The van der Waals surface area contributed by atoms with Crippen LogP contribution in [0, 0.1) is 11.7 Å². The van der Waals surface area contributed by atoms with E-state index in [1.807, 2.05) is 17.0 Å². The van der Waals surface area contributed by atoms with Crippen molar-refractivity contribution in [2.75, 3.05) is 19.6 Å². The van der Waals surface area contributed by atoms with E-state index in [-0.39, 0.29) is 17.8 Å². The van der Waals surface area contributed by atoms with Crippen LogP contribution in [0.1, 0.15) is 18.4 Å². The van der Waals surface area contributed by atoms with E-state index in [0.29, 0.717) is 12.5 Å². The molecule has 2 N–H and O–H groups in total. The molecular weight excluding hydrogens is 285 g/mol. The lowest BCUT2D eigenvalue weighted by molar-refractivity contribution is -0.134. The molecule has 2 aliphatic rings. The van der Waals surface area contributed by atoms with Gasteiger partial charge in [0.25, 0.3) is 0 Å². The molecule has 1 aromatic rings. The van der Waals surface area contributed by atoms with Crippen LogP contribution in [0.2, 0.25) is 0 Å². The van der Waals surface area contributed by atoms with E-state index in [9.17, 15) is 14.0 Å². The number of piperidine rings is 1. The average molecular weight is 305 g/mol. The number of benzene rings is 1. The van der Waals surface area contributed by atoms with Gasteiger partial charge in [-0.05, 0) is 42.9 Å². The van der Waals surface area contributed by atoms with Gasteiger partial charge in [-0.1, -0.05) is 12.1 Å². The number of rotatable bonds is 3. The van der Waals surface area contributed by atoms with Crippen LogP contribution < -0.4 is 10.6 Å². The molecule has 0 radical (unpaired) electrons. The number of nitrogens with zero attached hydrogens (tertiary/aromatic N) is 1. The van der Waals surface area contributed by atoms with E-state index >= 15 is 0 Å². The number of urea groups is 1. The van der Waals surface area contributed by atoms with Gasteiger partial charge < -0.3 is 15.5 Å². The van der Waals surface area contributed by atoms with Crippen LogP contribution in [-0.2, 0) is 11.2 Å². The lowest BCUT2D eigenvalue weighted by atomic mass is 9.90. The highest BCUT2D eigenvalue weighted by molar-refractivity contribution is 5.90. The summed E-state index contributed by atoms with van der Waals surface area (Å²) in [4.78, 5) is 25.2. The second-order valence-corrected chi connectivity index (χ2v) is 6.01. The summed E-state index contributed by atoms with van der Waals surface area (Å²) in [6, 6.07) is 5.93. The minimum absolute atomic E-state index is 0.00131. The lowest BCUT2D eigenvalue weighted by Crippen LogP contribution is -2.48. The van der Waals surface area contributed by atoms with E-state index in [4.69, 9.17) is 0 Å². The maximum absolute atomic E-state index is 12.9. The van der Waals surface area contributed by atoms with Crippen LogP contribution in [0.25, 0.3) is 0 Å². The monoisotopic (exact) mass is 305 g/mol. The van der Waals surface area contributed by atoms with Gasteiger partial charge in [0, 0.05) is 19.6 Å². The highest BCUT2D eigenvalue weighted by atomic mass is 19.1. The summed E-state index contributed by atoms with van der Waals surface area (Å²) in [5.41, 5.74) is 1.14. The molecule has 22 heavy (non-hydrogen) atoms. The summed E-state index contributed by atoms with van der Waals surface area (Å²) in [6.07, 6.45) is 2.80.